The summed E-state index contributed by atoms with van der Waals surface area (Å²) in [6.45, 7) is 0. The van der Waals surface area contributed by atoms with Gasteiger partial charge in [-0.3, -0.25) is 4.79 Å². The van der Waals surface area contributed by atoms with Gasteiger partial charge < -0.3 is 5.73 Å². The Morgan fingerprint density at radius 3 is 2.33 bits per heavy atom. The molecule has 12 heavy (non-hydrogen) atoms. The maximum absolute atomic E-state index is 13.5. The Balaban J connectivity index is 2.26. The van der Waals surface area contributed by atoms with Crippen LogP contribution in [0.5, 0.6) is 0 Å². The van der Waals surface area contributed by atoms with Crippen LogP contribution in [0.25, 0.3) is 0 Å². The van der Waals surface area contributed by atoms with Crippen molar-refractivity contribution >= 4 is 5.91 Å². The summed E-state index contributed by atoms with van der Waals surface area (Å²) in [7, 11) is 0. The van der Waals surface area contributed by atoms with E-state index in [0.717, 1.165) is 12.8 Å². The highest BCUT2D eigenvalue weighted by molar-refractivity contribution is 5.82. The molecule has 3 saturated carbocycles. The van der Waals surface area contributed by atoms with Gasteiger partial charge in [0.1, 0.15) is 6.17 Å². The number of hydrogen-bond donors (Lipinski definition) is 1. The summed E-state index contributed by atoms with van der Waals surface area (Å²) in [6, 6.07) is 0. The second kappa shape index (κ2) is 2.44. The van der Waals surface area contributed by atoms with Crippen molar-refractivity contribution in [1.82, 2.24) is 0 Å². The predicted molar refractivity (Wildman–Crippen MR) is 43.1 cm³/mol. The number of halogens is 1. The Labute approximate surface area is 71.3 Å². The van der Waals surface area contributed by atoms with Crippen LogP contribution in [0.3, 0.4) is 0 Å². The van der Waals surface area contributed by atoms with Gasteiger partial charge in [-0.25, -0.2) is 4.39 Å². The van der Waals surface area contributed by atoms with E-state index in [1.165, 1.54) is 0 Å². The number of rotatable bonds is 1. The molecule has 0 aromatic heterocycles. The SMILES string of the molecule is NC(=O)C12CCC(CC1)CC2F. The Morgan fingerprint density at radius 2 is 2.00 bits per heavy atom. The third-order valence-corrected chi connectivity index (χ3v) is 3.63. The number of fused-ring (bicyclic) bond motifs is 3. The molecule has 3 rings (SSSR count). The first-order chi connectivity index (χ1) is 5.65. The monoisotopic (exact) mass is 171 g/mol. The largest absolute Gasteiger partial charge is 0.369 e. The Bertz CT molecular complexity index is 209. The molecular formula is C9H14FNO. The van der Waals surface area contributed by atoms with E-state index in [0.29, 0.717) is 25.2 Å². The molecule has 0 saturated heterocycles. The third-order valence-electron chi connectivity index (χ3n) is 3.63. The first-order valence-electron chi connectivity index (χ1n) is 4.59. The van der Waals surface area contributed by atoms with Crippen molar-refractivity contribution in [2.45, 2.75) is 38.3 Å². The summed E-state index contributed by atoms with van der Waals surface area (Å²) in [4.78, 5) is 11.1. The van der Waals surface area contributed by atoms with E-state index in [2.05, 4.69) is 0 Å². The van der Waals surface area contributed by atoms with Gasteiger partial charge in [0.25, 0.3) is 0 Å². The van der Waals surface area contributed by atoms with Gasteiger partial charge in [-0.1, -0.05) is 0 Å². The van der Waals surface area contributed by atoms with Crippen LogP contribution in [0, 0.1) is 11.3 Å². The Kier molecular flexibility index (Phi) is 1.63. The second-order valence-electron chi connectivity index (χ2n) is 4.17. The first kappa shape index (κ1) is 8.02. The van der Waals surface area contributed by atoms with Crippen LogP contribution in [0.1, 0.15) is 32.1 Å². The summed E-state index contributed by atoms with van der Waals surface area (Å²) in [5.74, 6) is 0.0920. The molecule has 0 aliphatic heterocycles. The fourth-order valence-corrected chi connectivity index (χ4v) is 2.66. The summed E-state index contributed by atoms with van der Waals surface area (Å²) in [5, 5.41) is 0. The minimum absolute atomic E-state index is 0.423. The highest BCUT2D eigenvalue weighted by Gasteiger charge is 2.52. The van der Waals surface area contributed by atoms with Gasteiger partial charge in [0.15, 0.2) is 0 Å². The molecule has 1 atom stereocenters. The van der Waals surface area contributed by atoms with Gasteiger partial charge >= 0.3 is 0 Å². The lowest BCUT2D eigenvalue weighted by atomic mass is 9.59. The molecule has 0 spiro atoms. The highest BCUT2D eigenvalue weighted by atomic mass is 19.1. The molecule has 3 aliphatic carbocycles. The lowest BCUT2D eigenvalue weighted by Gasteiger charge is -2.46. The smallest absolute Gasteiger partial charge is 0.226 e. The van der Waals surface area contributed by atoms with Crippen LogP contribution in [0.15, 0.2) is 0 Å². The Morgan fingerprint density at radius 1 is 1.42 bits per heavy atom. The van der Waals surface area contributed by atoms with Crippen molar-refractivity contribution in [2.75, 3.05) is 0 Å². The maximum atomic E-state index is 13.5. The van der Waals surface area contributed by atoms with Gasteiger partial charge in [-0.15, -0.1) is 0 Å². The molecule has 0 heterocycles. The topological polar surface area (TPSA) is 43.1 Å². The summed E-state index contributed by atoms with van der Waals surface area (Å²) in [5.41, 5.74) is 4.47. The van der Waals surface area contributed by atoms with Gasteiger partial charge in [0.2, 0.25) is 5.91 Å². The lowest BCUT2D eigenvalue weighted by molar-refractivity contribution is -0.140. The molecule has 0 radical (unpaired) electrons. The molecular weight excluding hydrogens is 157 g/mol. The number of primary amides is 1. The minimum Gasteiger partial charge on any atom is -0.369 e. The predicted octanol–water partition coefficient (Wildman–Crippen LogP) is 1.39. The van der Waals surface area contributed by atoms with Gasteiger partial charge in [0.05, 0.1) is 5.41 Å². The molecule has 2 N–H and O–H groups in total. The van der Waals surface area contributed by atoms with E-state index in [1.807, 2.05) is 0 Å². The molecule has 2 nitrogen and oxygen atoms in total. The van der Waals surface area contributed by atoms with Crippen LogP contribution < -0.4 is 5.73 Å². The van der Waals surface area contributed by atoms with E-state index in [-0.39, 0.29) is 0 Å². The van der Waals surface area contributed by atoms with Crippen molar-refractivity contribution < 1.29 is 9.18 Å². The van der Waals surface area contributed by atoms with Crippen molar-refractivity contribution in [3.05, 3.63) is 0 Å². The van der Waals surface area contributed by atoms with E-state index >= 15 is 0 Å². The molecule has 3 aliphatic rings. The zero-order valence-electron chi connectivity index (χ0n) is 7.05. The fourth-order valence-electron chi connectivity index (χ4n) is 2.66. The summed E-state index contributed by atoms with van der Waals surface area (Å²) < 4.78 is 13.5. The van der Waals surface area contributed by atoms with Crippen molar-refractivity contribution in [1.29, 1.82) is 0 Å². The molecule has 1 amide bonds. The lowest BCUT2D eigenvalue weighted by Crippen LogP contribution is -2.51. The number of alkyl halides is 1. The molecule has 0 aromatic rings. The van der Waals surface area contributed by atoms with Crippen molar-refractivity contribution in [3.8, 4) is 0 Å². The average Bonchev–Trinajstić information content (AvgIpc) is 2.05. The van der Waals surface area contributed by atoms with E-state index < -0.39 is 17.5 Å². The van der Waals surface area contributed by atoms with Gasteiger partial charge in [-0.2, -0.15) is 0 Å². The van der Waals surface area contributed by atoms with Crippen LogP contribution in [-0.2, 0) is 4.79 Å². The quantitative estimate of drug-likeness (QED) is 0.636. The third kappa shape index (κ3) is 0.883. The molecule has 0 aromatic carbocycles. The van der Waals surface area contributed by atoms with Crippen LogP contribution >= 0.6 is 0 Å². The zero-order chi connectivity index (χ0) is 8.77. The standard InChI is InChI=1S/C9H14FNO/c10-7-5-6-1-3-9(7,4-2-6)8(11)12/h6-7H,1-5H2,(H2,11,12). The average molecular weight is 171 g/mol. The molecule has 3 heteroatoms. The molecule has 2 bridgehead atoms. The first-order valence-corrected chi connectivity index (χ1v) is 4.59. The summed E-state index contributed by atoms with van der Waals surface area (Å²) in [6.07, 6.45) is 2.92. The van der Waals surface area contributed by atoms with E-state index in [1.54, 1.807) is 0 Å². The number of carbonyl (C=O) groups excluding carboxylic acids is 1. The molecule has 3 fully saturated rings. The second-order valence-corrected chi connectivity index (χ2v) is 4.17. The number of hydrogen-bond acceptors (Lipinski definition) is 1. The fraction of sp³-hybridized carbons (Fsp3) is 0.889. The van der Waals surface area contributed by atoms with E-state index in [9.17, 15) is 9.18 Å². The number of carbonyl (C=O) groups is 1. The zero-order valence-corrected chi connectivity index (χ0v) is 7.05. The summed E-state index contributed by atoms with van der Waals surface area (Å²) >= 11 is 0. The Hall–Kier alpha value is -0.600. The van der Waals surface area contributed by atoms with Gasteiger partial charge in [-0.05, 0) is 38.0 Å². The number of amides is 1. The number of nitrogens with two attached hydrogens (primary N) is 1. The van der Waals surface area contributed by atoms with Crippen molar-refractivity contribution in [3.63, 3.8) is 0 Å². The normalized spacial score (nSPS) is 46.1. The molecule has 1 unspecified atom stereocenters. The van der Waals surface area contributed by atoms with Gasteiger partial charge in [0, 0.05) is 0 Å². The van der Waals surface area contributed by atoms with Crippen LogP contribution in [0.4, 0.5) is 4.39 Å². The van der Waals surface area contributed by atoms with E-state index in [4.69, 9.17) is 5.73 Å². The van der Waals surface area contributed by atoms with Crippen LogP contribution in [-0.4, -0.2) is 12.1 Å². The molecule has 68 valence electrons. The van der Waals surface area contributed by atoms with Crippen LogP contribution in [0.2, 0.25) is 0 Å². The maximum Gasteiger partial charge on any atom is 0.226 e. The highest BCUT2D eigenvalue weighted by Crippen LogP contribution is 2.51. The minimum atomic E-state index is -0.970. The van der Waals surface area contributed by atoms with Crippen molar-refractivity contribution in [2.24, 2.45) is 17.1 Å².